The molecule has 0 spiro atoms. The number of H-pyrrole nitrogens is 1. The third-order valence-corrected chi connectivity index (χ3v) is 3.90. The van der Waals surface area contributed by atoms with Crippen molar-refractivity contribution >= 4 is 28.5 Å². The fraction of sp³-hybridized carbons (Fsp3) is 0.188. The molecule has 0 saturated carbocycles. The molecule has 0 fully saturated rings. The van der Waals surface area contributed by atoms with Gasteiger partial charge in [-0.3, -0.25) is 4.79 Å². The number of nitrogens with two attached hydrogens (primary N) is 1. The van der Waals surface area contributed by atoms with E-state index in [1.54, 1.807) is 12.1 Å². The van der Waals surface area contributed by atoms with Crippen LogP contribution < -0.4 is 11.2 Å². The van der Waals surface area contributed by atoms with Gasteiger partial charge >= 0.3 is 0 Å². The monoisotopic (exact) mass is 309 g/mol. The summed E-state index contributed by atoms with van der Waals surface area (Å²) in [6, 6.07) is 9.32. The molecule has 0 saturated heterocycles. The Labute approximate surface area is 131 Å². The molecular formula is C16H15N5O2. The number of amides is 1. The highest BCUT2D eigenvalue weighted by Crippen LogP contribution is 2.25. The summed E-state index contributed by atoms with van der Waals surface area (Å²) in [6.07, 6.45) is 0.441. The predicted molar refractivity (Wildman–Crippen MR) is 86.7 cm³/mol. The Hall–Kier alpha value is -3.09. The standard InChI is InChI=1S/C16H15N5O2/c1-8-6-14(22)20-21-15(8)9-2-3-10-11(7-9)19-16(18-10)12-4-5-13(17)23-12/h2-5,7-8H,6,17H2,1H3,(H,18,19)(H,20,22). The second-order valence-electron chi connectivity index (χ2n) is 5.66. The zero-order valence-electron chi connectivity index (χ0n) is 12.5. The Morgan fingerprint density at radius 2 is 2.17 bits per heavy atom. The number of fused-ring (bicyclic) bond motifs is 1. The fourth-order valence-electron chi connectivity index (χ4n) is 2.77. The SMILES string of the molecule is CC1CC(=O)NN=C1c1ccc2nc(-c3ccc(N)o3)[nH]c2c1. The number of nitrogens with zero attached hydrogens (tertiary/aromatic N) is 2. The van der Waals surface area contributed by atoms with E-state index in [0.29, 0.717) is 23.9 Å². The first-order chi connectivity index (χ1) is 11.1. The third kappa shape index (κ3) is 2.36. The van der Waals surface area contributed by atoms with Crippen molar-refractivity contribution in [2.24, 2.45) is 11.0 Å². The van der Waals surface area contributed by atoms with E-state index in [2.05, 4.69) is 20.5 Å². The number of hydrogen-bond donors (Lipinski definition) is 3. The van der Waals surface area contributed by atoms with Gasteiger partial charge in [-0.15, -0.1) is 0 Å². The van der Waals surface area contributed by atoms with E-state index in [9.17, 15) is 4.79 Å². The van der Waals surface area contributed by atoms with Crippen molar-refractivity contribution in [1.29, 1.82) is 0 Å². The Morgan fingerprint density at radius 1 is 1.30 bits per heavy atom. The molecule has 1 atom stereocenters. The quantitative estimate of drug-likeness (QED) is 0.674. The minimum atomic E-state index is -0.0541. The smallest absolute Gasteiger partial charge is 0.240 e. The Bertz CT molecular complexity index is 937. The molecular weight excluding hydrogens is 294 g/mol. The van der Waals surface area contributed by atoms with Crippen molar-refractivity contribution in [1.82, 2.24) is 15.4 Å². The average Bonchev–Trinajstić information content (AvgIpc) is 3.12. The molecule has 7 heteroatoms. The van der Waals surface area contributed by atoms with Crippen molar-refractivity contribution in [3.63, 3.8) is 0 Å². The van der Waals surface area contributed by atoms with Crippen LogP contribution in [0.2, 0.25) is 0 Å². The Balaban J connectivity index is 1.75. The number of imidazole rings is 1. The first-order valence-corrected chi connectivity index (χ1v) is 7.32. The second kappa shape index (κ2) is 4.98. The molecule has 0 radical (unpaired) electrons. The van der Waals surface area contributed by atoms with Gasteiger partial charge in [0.05, 0.1) is 16.7 Å². The Kier molecular flexibility index (Phi) is 2.94. The second-order valence-corrected chi connectivity index (χ2v) is 5.66. The molecule has 1 aromatic carbocycles. The lowest BCUT2D eigenvalue weighted by atomic mass is 9.94. The number of aromatic nitrogens is 2. The number of hydrazone groups is 1. The lowest BCUT2D eigenvalue weighted by Gasteiger charge is -2.18. The molecule has 3 aromatic rings. The highest BCUT2D eigenvalue weighted by atomic mass is 16.4. The molecule has 4 N–H and O–H groups in total. The summed E-state index contributed by atoms with van der Waals surface area (Å²) in [5.74, 6) is 1.59. The van der Waals surface area contributed by atoms with Crippen molar-refractivity contribution < 1.29 is 9.21 Å². The molecule has 23 heavy (non-hydrogen) atoms. The number of nitrogen functional groups attached to an aromatic ring is 1. The number of carbonyl (C=O) groups is 1. The van der Waals surface area contributed by atoms with Crippen LogP contribution in [0.15, 0.2) is 39.9 Å². The topological polar surface area (TPSA) is 109 Å². The van der Waals surface area contributed by atoms with E-state index in [4.69, 9.17) is 10.2 Å². The van der Waals surface area contributed by atoms with Crippen LogP contribution in [0.25, 0.3) is 22.6 Å². The number of furan rings is 1. The summed E-state index contributed by atoms with van der Waals surface area (Å²) in [6.45, 7) is 1.99. The third-order valence-electron chi connectivity index (χ3n) is 3.90. The normalized spacial score (nSPS) is 18.0. The lowest BCUT2D eigenvalue weighted by Crippen LogP contribution is -2.31. The van der Waals surface area contributed by atoms with Crippen LogP contribution in [0.3, 0.4) is 0 Å². The van der Waals surface area contributed by atoms with Gasteiger partial charge in [0.25, 0.3) is 0 Å². The summed E-state index contributed by atoms with van der Waals surface area (Å²) in [5.41, 5.74) is 11.7. The molecule has 4 rings (SSSR count). The average molecular weight is 309 g/mol. The molecule has 0 aliphatic carbocycles. The Morgan fingerprint density at radius 3 is 2.91 bits per heavy atom. The van der Waals surface area contributed by atoms with E-state index < -0.39 is 0 Å². The first-order valence-electron chi connectivity index (χ1n) is 7.32. The molecule has 3 heterocycles. The molecule has 7 nitrogen and oxygen atoms in total. The zero-order valence-corrected chi connectivity index (χ0v) is 12.5. The maximum Gasteiger partial charge on any atom is 0.240 e. The minimum Gasteiger partial charge on any atom is -0.438 e. The number of aromatic amines is 1. The molecule has 1 aliphatic rings. The van der Waals surface area contributed by atoms with Gasteiger partial charge in [-0.25, -0.2) is 10.4 Å². The van der Waals surface area contributed by atoms with E-state index in [1.165, 1.54) is 0 Å². The van der Waals surface area contributed by atoms with Gasteiger partial charge in [-0.1, -0.05) is 13.0 Å². The van der Waals surface area contributed by atoms with E-state index >= 15 is 0 Å². The molecule has 2 aromatic heterocycles. The van der Waals surface area contributed by atoms with Crippen molar-refractivity contribution in [3.8, 4) is 11.6 Å². The van der Waals surface area contributed by atoms with Crippen LogP contribution >= 0.6 is 0 Å². The molecule has 1 unspecified atom stereocenters. The van der Waals surface area contributed by atoms with Crippen LogP contribution in [0, 0.1) is 5.92 Å². The van der Waals surface area contributed by atoms with Crippen LogP contribution in [0.1, 0.15) is 18.9 Å². The number of hydrogen-bond acceptors (Lipinski definition) is 5. The summed E-state index contributed by atoms with van der Waals surface area (Å²) < 4.78 is 5.39. The van der Waals surface area contributed by atoms with Gasteiger partial charge in [-0.05, 0) is 18.2 Å². The summed E-state index contributed by atoms with van der Waals surface area (Å²) in [7, 11) is 0. The van der Waals surface area contributed by atoms with Crippen LogP contribution in [0.4, 0.5) is 5.88 Å². The highest BCUT2D eigenvalue weighted by Gasteiger charge is 2.22. The molecule has 0 bridgehead atoms. The van der Waals surface area contributed by atoms with Gasteiger partial charge in [-0.2, -0.15) is 5.10 Å². The van der Waals surface area contributed by atoms with Gasteiger partial charge < -0.3 is 15.1 Å². The van der Waals surface area contributed by atoms with Crippen LogP contribution in [-0.2, 0) is 4.79 Å². The van der Waals surface area contributed by atoms with E-state index in [0.717, 1.165) is 22.3 Å². The van der Waals surface area contributed by atoms with Crippen LogP contribution in [0.5, 0.6) is 0 Å². The van der Waals surface area contributed by atoms with E-state index in [-0.39, 0.29) is 11.8 Å². The molecule has 1 amide bonds. The highest BCUT2D eigenvalue weighted by molar-refractivity contribution is 6.07. The van der Waals surface area contributed by atoms with Gasteiger partial charge in [0.2, 0.25) is 5.91 Å². The van der Waals surface area contributed by atoms with Crippen molar-refractivity contribution in [2.75, 3.05) is 5.73 Å². The van der Waals surface area contributed by atoms with Crippen LogP contribution in [-0.4, -0.2) is 21.6 Å². The number of nitrogens with one attached hydrogen (secondary N) is 2. The maximum atomic E-state index is 11.4. The molecule has 1 aliphatic heterocycles. The summed E-state index contributed by atoms with van der Waals surface area (Å²) in [5, 5.41) is 4.18. The fourth-order valence-corrected chi connectivity index (χ4v) is 2.77. The molecule has 116 valence electrons. The number of benzene rings is 1. The van der Waals surface area contributed by atoms with Crippen molar-refractivity contribution in [3.05, 3.63) is 35.9 Å². The maximum absolute atomic E-state index is 11.4. The lowest BCUT2D eigenvalue weighted by molar-refractivity contribution is -0.121. The van der Waals surface area contributed by atoms with Crippen molar-refractivity contribution in [2.45, 2.75) is 13.3 Å². The predicted octanol–water partition coefficient (Wildman–Crippen LogP) is 2.27. The zero-order chi connectivity index (χ0) is 16.0. The number of anilines is 1. The van der Waals surface area contributed by atoms with Gasteiger partial charge in [0.1, 0.15) is 0 Å². The summed E-state index contributed by atoms with van der Waals surface area (Å²) in [4.78, 5) is 19.1. The summed E-state index contributed by atoms with van der Waals surface area (Å²) >= 11 is 0. The van der Waals surface area contributed by atoms with Gasteiger partial charge in [0, 0.05) is 24.0 Å². The number of rotatable bonds is 2. The van der Waals surface area contributed by atoms with Gasteiger partial charge in [0.15, 0.2) is 17.5 Å². The first kappa shape index (κ1) is 13.6. The van der Waals surface area contributed by atoms with E-state index in [1.807, 2.05) is 25.1 Å². The number of carbonyl (C=O) groups excluding carboxylic acids is 1. The largest absolute Gasteiger partial charge is 0.438 e. The minimum absolute atomic E-state index is 0.0541.